The van der Waals surface area contributed by atoms with Gasteiger partial charge in [-0.25, -0.2) is 0 Å². The van der Waals surface area contributed by atoms with E-state index in [9.17, 15) is 0 Å². The van der Waals surface area contributed by atoms with E-state index in [0.29, 0.717) is 11.8 Å². The van der Waals surface area contributed by atoms with Gasteiger partial charge in [0.2, 0.25) is 0 Å². The van der Waals surface area contributed by atoms with Gasteiger partial charge in [-0.3, -0.25) is 0 Å². The lowest BCUT2D eigenvalue weighted by atomic mass is 9.68. The van der Waals surface area contributed by atoms with Crippen molar-refractivity contribution < 1.29 is 0 Å². The van der Waals surface area contributed by atoms with Crippen molar-refractivity contribution in [3.63, 3.8) is 0 Å². The lowest BCUT2D eigenvalue weighted by Gasteiger charge is -2.35. The summed E-state index contributed by atoms with van der Waals surface area (Å²) >= 11 is 1.89. The van der Waals surface area contributed by atoms with Gasteiger partial charge in [-0.15, -0.1) is 11.3 Å². The van der Waals surface area contributed by atoms with E-state index in [1.807, 2.05) is 11.3 Å². The van der Waals surface area contributed by atoms with Crippen molar-refractivity contribution in [2.45, 2.75) is 18.8 Å². The van der Waals surface area contributed by atoms with Gasteiger partial charge in [-0.05, 0) is 80.8 Å². The fourth-order valence-electron chi connectivity index (χ4n) is 9.34. The number of aromatic nitrogens is 1. The van der Waals surface area contributed by atoms with Gasteiger partial charge in [0.25, 0.3) is 0 Å². The predicted molar refractivity (Wildman–Crippen MR) is 227 cm³/mol. The van der Waals surface area contributed by atoms with Gasteiger partial charge in [-0.1, -0.05) is 159 Å². The summed E-state index contributed by atoms with van der Waals surface area (Å²) in [6.45, 7) is 2.41. The van der Waals surface area contributed by atoms with Crippen LogP contribution in [0.2, 0.25) is 0 Å². The Kier molecular flexibility index (Phi) is 6.84. The molecule has 0 bridgehead atoms. The molecular formula is C51H35NS. The number of hydrogen-bond acceptors (Lipinski definition) is 1. The zero-order valence-electron chi connectivity index (χ0n) is 29.3. The second-order valence-electron chi connectivity index (χ2n) is 14.4. The smallest absolute Gasteiger partial charge is 0.0547 e. The fourth-order valence-corrected chi connectivity index (χ4v) is 10.6. The second kappa shape index (κ2) is 11.9. The lowest BCUT2D eigenvalue weighted by molar-refractivity contribution is 0.650. The minimum atomic E-state index is 0.301. The summed E-state index contributed by atoms with van der Waals surface area (Å²) in [6, 6.07) is 67.6. The first-order chi connectivity index (χ1) is 26.2. The molecule has 2 heteroatoms. The van der Waals surface area contributed by atoms with Crippen LogP contribution in [-0.4, -0.2) is 4.57 Å². The maximum Gasteiger partial charge on any atom is 0.0547 e. The van der Waals surface area contributed by atoms with Crippen molar-refractivity contribution in [3.05, 3.63) is 199 Å². The van der Waals surface area contributed by atoms with E-state index in [-0.39, 0.29) is 0 Å². The van der Waals surface area contributed by atoms with Gasteiger partial charge >= 0.3 is 0 Å². The Morgan fingerprint density at radius 1 is 0.472 bits per heavy atom. The summed E-state index contributed by atoms with van der Waals surface area (Å²) in [4.78, 5) is 0. The maximum atomic E-state index is 2.50. The van der Waals surface area contributed by atoms with E-state index < -0.39 is 0 Å². The number of thiophene rings is 1. The Morgan fingerprint density at radius 3 is 1.98 bits per heavy atom. The summed E-state index contributed by atoms with van der Waals surface area (Å²) < 4.78 is 5.16. The van der Waals surface area contributed by atoms with E-state index in [2.05, 4.69) is 193 Å². The molecule has 8 aromatic carbocycles. The molecule has 2 heterocycles. The van der Waals surface area contributed by atoms with Crippen LogP contribution in [0.1, 0.15) is 35.4 Å². The van der Waals surface area contributed by atoms with Crippen LogP contribution in [0, 0.1) is 0 Å². The molecule has 1 aliphatic rings. The highest BCUT2D eigenvalue weighted by Crippen LogP contribution is 2.53. The van der Waals surface area contributed by atoms with E-state index in [1.165, 1.54) is 97.7 Å². The zero-order chi connectivity index (χ0) is 35.0. The van der Waals surface area contributed by atoms with Crippen molar-refractivity contribution in [1.82, 2.24) is 4.57 Å². The molecule has 0 N–H and O–H groups in total. The van der Waals surface area contributed by atoms with Crippen LogP contribution in [0.3, 0.4) is 0 Å². The highest BCUT2D eigenvalue weighted by atomic mass is 32.1. The molecule has 11 rings (SSSR count). The van der Waals surface area contributed by atoms with E-state index >= 15 is 0 Å². The summed E-state index contributed by atoms with van der Waals surface area (Å²) in [5, 5.41) is 5.18. The summed E-state index contributed by atoms with van der Waals surface area (Å²) in [5.74, 6) is 0.626. The van der Waals surface area contributed by atoms with Crippen molar-refractivity contribution in [1.29, 1.82) is 0 Å². The monoisotopic (exact) mass is 693 g/mol. The first-order valence-corrected chi connectivity index (χ1v) is 19.4. The van der Waals surface area contributed by atoms with Gasteiger partial charge in [0.05, 0.1) is 11.0 Å². The van der Waals surface area contributed by atoms with Crippen LogP contribution in [0.5, 0.6) is 0 Å². The quantitative estimate of drug-likeness (QED) is 0.173. The number of benzene rings is 8. The van der Waals surface area contributed by atoms with E-state index in [4.69, 9.17) is 0 Å². The Hall–Kier alpha value is -6.22. The third-order valence-corrected chi connectivity index (χ3v) is 12.8. The molecule has 0 aliphatic heterocycles. The molecule has 53 heavy (non-hydrogen) atoms. The number of fused-ring (bicyclic) bond motifs is 9. The largest absolute Gasteiger partial charge is 0.309 e. The third kappa shape index (κ3) is 4.56. The maximum absolute atomic E-state index is 2.50. The van der Waals surface area contributed by atoms with Crippen molar-refractivity contribution in [3.8, 4) is 39.1 Å². The van der Waals surface area contributed by atoms with Crippen molar-refractivity contribution in [2.24, 2.45) is 0 Å². The molecule has 2 aromatic heterocycles. The predicted octanol–water partition coefficient (Wildman–Crippen LogP) is 14.4. The number of nitrogens with zero attached hydrogens (tertiary/aromatic N) is 1. The summed E-state index contributed by atoms with van der Waals surface area (Å²) in [5.41, 5.74) is 15.6. The van der Waals surface area contributed by atoms with Gasteiger partial charge < -0.3 is 4.57 Å². The zero-order valence-corrected chi connectivity index (χ0v) is 30.1. The average molecular weight is 694 g/mol. The molecule has 250 valence electrons. The van der Waals surface area contributed by atoms with E-state index in [0.717, 1.165) is 0 Å². The number of rotatable bonds is 4. The molecule has 0 fully saturated rings. The molecule has 0 saturated carbocycles. The average Bonchev–Trinajstić information content (AvgIpc) is 3.77. The Labute approximate surface area is 313 Å². The molecule has 10 aromatic rings. The van der Waals surface area contributed by atoms with Crippen LogP contribution < -0.4 is 0 Å². The van der Waals surface area contributed by atoms with Crippen molar-refractivity contribution >= 4 is 53.3 Å². The molecule has 0 spiro atoms. The van der Waals surface area contributed by atoms with Gasteiger partial charge in [-0.2, -0.15) is 0 Å². The molecule has 1 nitrogen and oxygen atoms in total. The first kappa shape index (κ1) is 30.4. The highest BCUT2D eigenvalue weighted by molar-refractivity contribution is 7.26. The molecule has 2 unspecified atom stereocenters. The van der Waals surface area contributed by atoms with Gasteiger partial charge in [0.15, 0.2) is 0 Å². The molecule has 0 radical (unpaired) electrons. The molecule has 0 saturated heterocycles. The fraction of sp³-hybridized carbons (Fsp3) is 0.0588. The summed E-state index contributed by atoms with van der Waals surface area (Å²) in [6.07, 6.45) is 0. The third-order valence-electron chi connectivity index (χ3n) is 11.6. The minimum absolute atomic E-state index is 0.301. The van der Waals surface area contributed by atoms with Crippen LogP contribution in [0.15, 0.2) is 182 Å². The molecule has 1 aliphatic carbocycles. The molecular weight excluding hydrogens is 659 g/mol. The topological polar surface area (TPSA) is 4.93 Å². The summed E-state index contributed by atoms with van der Waals surface area (Å²) in [7, 11) is 0. The Morgan fingerprint density at radius 2 is 1.11 bits per heavy atom. The van der Waals surface area contributed by atoms with Crippen LogP contribution in [0.25, 0.3) is 81.0 Å². The Bertz CT molecular complexity index is 3020. The normalized spacial score (nSPS) is 15.3. The van der Waals surface area contributed by atoms with Gasteiger partial charge in [0, 0.05) is 48.1 Å². The highest BCUT2D eigenvalue weighted by Gasteiger charge is 2.33. The number of hydrogen-bond donors (Lipinski definition) is 0. The second-order valence-corrected chi connectivity index (χ2v) is 15.5. The molecule has 2 atom stereocenters. The van der Waals surface area contributed by atoms with Crippen LogP contribution in [0.4, 0.5) is 0 Å². The van der Waals surface area contributed by atoms with Crippen LogP contribution >= 0.6 is 11.3 Å². The minimum Gasteiger partial charge on any atom is -0.309 e. The van der Waals surface area contributed by atoms with E-state index in [1.54, 1.807) is 0 Å². The van der Waals surface area contributed by atoms with Crippen LogP contribution in [-0.2, 0) is 0 Å². The standard InChI is InChI=1S/C51H35NS/c1-32-36-24-14-25-40(49(36)39-22-9-8-21-38(39)48(32)34-18-6-3-7-19-34)41-26-15-28-46-50(41)42-23-10-12-27-45(42)52(46)35-30-43(33-16-4-2-5-17-33)51-44(31-35)37-20-11-13-29-47(37)53-51/h2-32,48H,1H3. The number of para-hydroxylation sites is 1. The SMILES string of the molecule is CC1c2cccc(-c3cccc4c3c3ccccc3n4-c3cc(-c4ccccc4)c4sc5ccccc5c4c3)c2-c2ccccc2C1c1ccccc1. The Balaban J connectivity index is 1.19. The first-order valence-electron chi connectivity index (χ1n) is 18.6. The van der Waals surface area contributed by atoms with Crippen molar-refractivity contribution in [2.75, 3.05) is 0 Å². The lowest BCUT2D eigenvalue weighted by Crippen LogP contribution is -2.17. The van der Waals surface area contributed by atoms with Gasteiger partial charge in [0.1, 0.15) is 0 Å². The molecule has 0 amide bonds.